The van der Waals surface area contributed by atoms with Crippen molar-refractivity contribution in [1.29, 1.82) is 0 Å². The molecule has 0 aliphatic carbocycles. The van der Waals surface area contributed by atoms with Crippen LogP contribution in [0.25, 0.3) is 10.9 Å². The Morgan fingerprint density at radius 3 is 2.61 bits per heavy atom. The van der Waals surface area contributed by atoms with Crippen molar-refractivity contribution < 1.29 is 18.5 Å². The van der Waals surface area contributed by atoms with Crippen molar-refractivity contribution in [3.05, 3.63) is 69.9 Å². The van der Waals surface area contributed by atoms with Crippen LogP contribution >= 0.6 is 0 Å². The monoisotopic (exact) mass is 470 g/mol. The molecule has 4 rings (SSSR count). The summed E-state index contributed by atoms with van der Waals surface area (Å²) in [6.07, 6.45) is 1.62. The molecule has 1 fully saturated rings. The van der Waals surface area contributed by atoms with Crippen LogP contribution in [0.1, 0.15) is 15.9 Å². The second-order valence-corrected chi connectivity index (χ2v) is 9.96. The zero-order valence-electron chi connectivity index (χ0n) is 18.2. The maximum Gasteiger partial charge on any atom is 0.326 e. The van der Waals surface area contributed by atoms with Crippen LogP contribution in [-0.4, -0.2) is 62.8 Å². The van der Waals surface area contributed by atoms with Gasteiger partial charge in [0.05, 0.1) is 29.6 Å². The number of piperazine rings is 1. The van der Waals surface area contributed by atoms with E-state index in [2.05, 4.69) is 10.3 Å². The number of rotatable bonds is 5. The van der Waals surface area contributed by atoms with E-state index in [-0.39, 0.29) is 10.6 Å². The van der Waals surface area contributed by atoms with Crippen LogP contribution in [-0.2, 0) is 14.6 Å². The minimum Gasteiger partial charge on any atom is -0.316 e. The predicted molar refractivity (Wildman–Crippen MR) is 126 cm³/mol. The minimum atomic E-state index is -3.64. The number of aryl methyl sites for hydroxylation is 1. The maximum absolute atomic E-state index is 13.1. The number of carbonyl (C=O) groups is 1. The zero-order valence-corrected chi connectivity index (χ0v) is 19.0. The number of hydrogen-bond donors (Lipinski definition) is 2. The molecule has 2 aromatic carbocycles. The molecule has 0 spiro atoms. The molecule has 1 saturated heterocycles. The topological polar surface area (TPSA) is 129 Å². The Hall–Kier alpha value is -3.25. The highest BCUT2D eigenvalue weighted by Crippen LogP contribution is 2.32. The lowest BCUT2D eigenvalue weighted by molar-refractivity contribution is -0.384. The summed E-state index contributed by atoms with van der Waals surface area (Å²) in [6.45, 7) is 3.75. The molecular formula is C22H24N5O5S+. The van der Waals surface area contributed by atoms with Gasteiger partial charge in [-0.2, -0.15) is 4.55 Å². The fraction of sp³-hybridized carbons (Fsp3) is 0.273. The molecule has 1 aromatic heterocycles. The van der Waals surface area contributed by atoms with Crippen LogP contribution in [0.4, 0.5) is 11.4 Å². The highest BCUT2D eigenvalue weighted by molar-refractivity contribution is 7.95. The predicted octanol–water partition coefficient (Wildman–Crippen LogP) is 3.20. The van der Waals surface area contributed by atoms with E-state index in [1.807, 2.05) is 24.1 Å². The van der Waals surface area contributed by atoms with Crippen molar-refractivity contribution in [2.24, 2.45) is 0 Å². The van der Waals surface area contributed by atoms with Gasteiger partial charge >= 0.3 is 10.4 Å². The van der Waals surface area contributed by atoms with Gasteiger partial charge in [-0.1, -0.05) is 10.4 Å². The van der Waals surface area contributed by atoms with E-state index in [1.54, 1.807) is 25.3 Å². The summed E-state index contributed by atoms with van der Waals surface area (Å²) < 4.78 is 25.2. The Bertz CT molecular complexity index is 1290. The van der Waals surface area contributed by atoms with Crippen LogP contribution in [0.2, 0.25) is 0 Å². The Labute approximate surface area is 191 Å². The molecule has 2 N–H and O–H groups in total. The van der Waals surface area contributed by atoms with Gasteiger partial charge < -0.3 is 10.2 Å². The third-order valence-corrected chi connectivity index (χ3v) is 7.66. The van der Waals surface area contributed by atoms with Gasteiger partial charge in [0.1, 0.15) is 5.69 Å². The van der Waals surface area contributed by atoms with Gasteiger partial charge in [-0.15, -0.1) is 0 Å². The van der Waals surface area contributed by atoms with E-state index < -0.39 is 26.9 Å². The van der Waals surface area contributed by atoms with Gasteiger partial charge in [-0.3, -0.25) is 19.9 Å². The number of pyridine rings is 1. The SMILES string of the molecule is Cc1cc2cccnc2cc1C(=O)Nc1ccc([S+](=O)(O)N2CCN(C)CC2)cc1[N+](=O)[O-]. The molecular weight excluding hydrogens is 446 g/mol. The fourth-order valence-corrected chi connectivity index (χ4v) is 5.25. The molecule has 33 heavy (non-hydrogen) atoms. The summed E-state index contributed by atoms with van der Waals surface area (Å²) in [5.41, 5.74) is 1.16. The van der Waals surface area contributed by atoms with Crippen molar-refractivity contribution in [1.82, 2.24) is 14.2 Å². The lowest BCUT2D eigenvalue weighted by Gasteiger charge is -2.29. The Kier molecular flexibility index (Phi) is 6.21. The second kappa shape index (κ2) is 8.94. The van der Waals surface area contributed by atoms with Gasteiger partial charge in [-0.25, -0.2) is 0 Å². The van der Waals surface area contributed by atoms with Gasteiger partial charge in [0.2, 0.25) is 4.90 Å². The number of benzene rings is 2. The maximum atomic E-state index is 13.1. The molecule has 10 nitrogen and oxygen atoms in total. The lowest BCUT2D eigenvalue weighted by Crippen LogP contribution is -2.49. The molecule has 1 atom stereocenters. The largest absolute Gasteiger partial charge is 0.326 e. The van der Waals surface area contributed by atoms with Crippen molar-refractivity contribution in [3.63, 3.8) is 0 Å². The first kappa shape index (κ1) is 22.9. The first-order valence-corrected chi connectivity index (χ1v) is 11.8. The first-order valence-electron chi connectivity index (χ1n) is 10.3. The van der Waals surface area contributed by atoms with E-state index in [1.165, 1.54) is 16.4 Å². The third kappa shape index (κ3) is 4.62. The van der Waals surface area contributed by atoms with E-state index in [9.17, 15) is 23.7 Å². The number of nitro groups is 1. The normalized spacial score (nSPS) is 16.9. The average Bonchev–Trinajstić information content (AvgIpc) is 2.78. The van der Waals surface area contributed by atoms with Crippen LogP contribution in [0.15, 0.2) is 53.6 Å². The number of carbonyl (C=O) groups excluding carboxylic acids is 1. The van der Waals surface area contributed by atoms with Gasteiger partial charge in [0.15, 0.2) is 0 Å². The summed E-state index contributed by atoms with van der Waals surface area (Å²) in [5, 5.41) is 15.2. The molecule has 2 heterocycles. The number of nitrogens with one attached hydrogen (secondary N) is 1. The quantitative estimate of drug-likeness (QED) is 0.333. The number of amides is 1. The van der Waals surface area contributed by atoms with Crippen LogP contribution in [0, 0.1) is 17.0 Å². The minimum absolute atomic E-state index is 0.0529. The van der Waals surface area contributed by atoms with Crippen molar-refractivity contribution in [2.75, 3.05) is 38.5 Å². The molecule has 1 aliphatic rings. The summed E-state index contributed by atoms with van der Waals surface area (Å²) in [6, 6.07) is 10.8. The molecule has 1 aliphatic heterocycles. The number of aromatic nitrogens is 1. The number of hydrogen-bond acceptors (Lipinski definition) is 6. The molecule has 0 radical (unpaired) electrons. The Balaban J connectivity index is 1.63. The molecule has 1 unspecified atom stereocenters. The molecule has 3 aromatic rings. The summed E-state index contributed by atoms with van der Waals surface area (Å²) in [7, 11) is -1.72. The van der Waals surface area contributed by atoms with Crippen molar-refractivity contribution >= 4 is 38.6 Å². The molecule has 1 amide bonds. The van der Waals surface area contributed by atoms with Gasteiger partial charge in [-0.05, 0) is 48.0 Å². The van der Waals surface area contributed by atoms with Gasteiger partial charge in [0, 0.05) is 36.3 Å². The van der Waals surface area contributed by atoms with Crippen LogP contribution < -0.4 is 5.32 Å². The highest BCUT2D eigenvalue weighted by Gasteiger charge is 2.41. The van der Waals surface area contributed by atoms with Crippen LogP contribution in [0.3, 0.4) is 0 Å². The number of likely N-dealkylation sites (N-methyl/N-ethyl adjacent to an activating group) is 1. The van der Waals surface area contributed by atoms with Crippen LogP contribution in [0.5, 0.6) is 0 Å². The molecule has 172 valence electrons. The summed E-state index contributed by atoms with van der Waals surface area (Å²) >= 11 is 0. The molecule has 0 bridgehead atoms. The fourth-order valence-electron chi connectivity index (χ4n) is 3.79. The van der Waals surface area contributed by atoms with Crippen molar-refractivity contribution in [3.8, 4) is 0 Å². The van der Waals surface area contributed by atoms with Crippen molar-refractivity contribution in [2.45, 2.75) is 11.8 Å². The number of nitrogens with zero attached hydrogens (tertiary/aromatic N) is 4. The zero-order chi connectivity index (χ0) is 23.8. The first-order chi connectivity index (χ1) is 15.7. The number of nitro benzene ring substituents is 1. The van der Waals surface area contributed by atoms with E-state index in [4.69, 9.17) is 0 Å². The highest BCUT2D eigenvalue weighted by atomic mass is 32.3. The summed E-state index contributed by atoms with van der Waals surface area (Å²) in [4.78, 5) is 30.2. The Morgan fingerprint density at radius 2 is 1.91 bits per heavy atom. The third-order valence-electron chi connectivity index (χ3n) is 5.73. The van der Waals surface area contributed by atoms with E-state index >= 15 is 0 Å². The molecule has 0 saturated carbocycles. The van der Waals surface area contributed by atoms with Gasteiger partial charge in [0.25, 0.3) is 11.6 Å². The standard InChI is InChI=1S/C22H23N5O5S/c1-15-12-16-4-3-7-23-20(16)14-18(15)22(28)24-19-6-5-17(13-21(19)27(29)30)33(31,32)26-10-8-25(2)9-11-26/h3-7,12-14H,8-11H2,1-2H3,(H-,24,28,31,32)/p+1. The number of anilines is 1. The van der Waals surface area contributed by atoms with E-state index in [0.717, 1.165) is 11.5 Å². The summed E-state index contributed by atoms with van der Waals surface area (Å²) in [5.74, 6) is -0.528. The lowest BCUT2D eigenvalue weighted by atomic mass is 10.0. The molecule has 11 heteroatoms. The van der Waals surface area contributed by atoms with E-state index in [0.29, 0.717) is 42.8 Å². The average molecular weight is 471 g/mol. The smallest absolute Gasteiger partial charge is 0.316 e. The Morgan fingerprint density at radius 1 is 1.18 bits per heavy atom. The second-order valence-electron chi connectivity index (χ2n) is 7.98. The number of fused-ring (bicyclic) bond motifs is 1.